The van der Waals surface area contributed by atoms with Crippen molar-refractivity contribution in [2.45, 2.75) is 84.5 Å². The fourth-order valence-corrected chi connectivity index (χ4v) is 3.70. The van der Waals surface area contributed by atoms with E-state index in [1.165, 1.54) is 11.1 Å². The van der Waals surface area contributed by atoms with E-state index in [1.54, 1.807) is 0 Å². The first-order chi connectivity index (χ1) is 13.8. The molecule has 0 aliphatic carbocycles. The Labute approximate surface area is 177 Å². The number of carbonyl (C=O) groups is 1. The second-order valence-electron chi connectivity index (χ2n) is 8.83. The molecule has 0 amide bonds. The Hall–Kier alpha value is -2.13. The molecular formula is C26H37NO2. The van der Waals surface area contributed by atoms with Gasteiger partial charge in [0.1, 0.15) is 5.60 Å². The van der Waals surface area contributed by atoms with E-state index in [0.29, 0.717) is 6.42 Å². The van der Waals surface area contributed by atoms with Crippen molar-refractivity contribution in [1.29, 1.82) is 0 Å². The molecule has 0 aliphatic rings. The van der Waals surface area contributed by atoms with Crippen LogP contribution < -0.4 is 0 Å². The van der Waals surface area contributed by atoms with E-state index in [0.717, 1.165) is 25.8 Å². The maximum absolute atomic E-state index is 12.7. The largest absolute Gasteiger partial charge is 0.460 e. The van der Waals surface area contributed by atoms with Gasteiger partial charge in [-0.25, -0.2) is 0 Å². The average molecular weight is 396 g/mol. The Morgan fingerprint density at radius 3 is 2.14 bits per heavy atom. The Morgan fingerprint density at radius 1 is 1.00 bits per heavy atom. The lowest BCUT2D eigenvalue weighted by molar-refractivity contribution is -0.156. The van der Waals surface area contributed by atoms with Crippen LogP contribution in [0.25, 0.3) is 0 Å². The highest BCUT2D eigenvalue weighted by Crippen LogP contribution is 2.29. The van der Waals surface area contributed by atoms with Crippen molar-refractivity contribution in [3.05, 3.63) is 71.8 Å². The molecule has 1 unspecified atom stereocenters. The van der Waals surface area contributed by atoms with Crippen LogP contribution in [0.2, 0.25) is 0 Å². The second-order valence-corrected chi connectivity index (χ2v) is 8.83. The fourth-order valence-electron chi connectivity index (χ4n) is 3.70. The number of hydrogen-bond donors (Lipinski definition) is 0. The van der Waals surface area contributed by atoms with Gasteiger partial charge in [0.2, 0.25) is 0 Å². The van der Waals surface area contributed by atoms with E-state index in [1.807, 2.05) is 32.9 Å². The van der Waals surface area contributed by atoms with Crippen molar-refractivity contribution in [3.8, 4) is 0 Å². The molecule has 0 bridgehead atoms. The monoisotopic (exact) mass is 395 g/mol. The van der Waals surface area contributed by atoms with Crippen LogP contribution in [0.15, 0.2) is 60.7 Å². The Balaban J connectivity index is 2.30. The molecule has 0 spiro atoms. The predicted molar refractivity (Wildman–Crippen MR) is 121 cm³/mol. The number of rotatable bonds is 10. The van der Waals surface area contributed by atoms with Crippen LogP contribution >= 0.6 is 0 Å². The van der Waals surface area contributed by atoms with Gasteiger partial charge in [-0.05, 0) is 45.2 Å². The number of nitrogens with zero attached hydrogens (tertiary/aromatic N) is 1. The van der Waals surface area contributed by atoms with Gasteiger partial charge in [-0.15, -0.1) is 0 Å². The van der Waals surface area contributed by atoms with Crippen LogP contribution in [-0.2, 0) is 16.1 Å². The normalized spacial score (nSPS) is 13.9. The van der Waals surface area contributed by atoms with E-state index in [2.05, 4.69) is 67.3 Å². The second kappa shape index (κ2) is 11.2. The average Bonchev–Trinajstić information content (AvgIpc) is 2.69. The summed E-state index contributed by atoms with van der Waals surface area (Å²) in [5.74, 6) is -0.114. The highest BCUT2D eigenvalue weighted by atomic mass is 16.6. The molecule has 0 saturated carbocycles. The standard InChI is InChI=1S/C26H37NO2/c1-6-7-18-24(19-25(28)29-26(3,4)5)27(20-22-14-10-8-11-15-22)21(2)23-16-12-9-13-17-23/h8-17,21,24H,6-7,18-20H2,1-5H3/t21-,24?/m1/s1. The van der Waals surface area contributed by atoms with Gasteiger partial charge < -0.3 is 4.74 Å². The van der Waals surface area contributed by atoms with E-state index in [9.17, 15) is 4.79 Å². The van der Waals surface area contributed by atoms with Gasteiger partial charge in [0.15, 0.2) is 0 Å². The third-order valence-electron chi connectivity index (χ3n) is 5.17. The number of ether oxygens (including phenoxy) is 1. The van der Waals surface area contributed by atoms with Crippen molar-refractivity contribution in [1.82, 2.24) is 4.90 Å². The van der Waals surface area contributed by atoms with Crippen molar-refractivity contribution in [2.24, 2.45) is 0 Å². The van der Waals surface area contributed by atoms with Crippen LogP contribution in [0.4, 0.5) is 0 Å². The van der Waals surface area contributed by atoms with Crippen LogP contribution in [0.1, 0.15) is 77.5 Å². The van der Waals surface area contributed by atoms with Crippen molar-refractivity contribution >= 4 is 5.97 Å². The summed E-state index contributed by atoms with van der Waals surface area (Å²) in [6, 6.07) is 21.4. The summed E-state index contributed by atoms with van der Waals surface area (Å²) in [6.45, 7) is 11.0. The molecule has 3 heteroatoms. The number of benzene rings is 2. The van der Waals surface area contributed by atoms with Gasteiger partial charge in [-0.1, -0.05) is 80.4 Å². The molecule has 2 atom stereocenters. The zero-order valence-corrected chi connectivity index (χ0v) is 18.7. The lowest BCUT2D eigenvalue weighted by Gasteiger charge is -2.37. The van der Waals surface area contributed by atoms with Gasteiger partial charge in [0.25, 0.3) is 0 Å². The molecule has 0 heterocycles. The number of unbranched alkanes of at least 4 members (excludes halogenated alkanes) is 1. The lowest BCUT2D eigenvalue weighted by atomic mass is 9.98. The first-order valence-corrected chi connectivity index (χ1v) is 10.9. The third-order valence-corrected chi connectivity index (χ3v) is 5.17. The molecule has 2 aromatic rings. The molecule has 2 rings (SSSR count). The zero-order valence-electron chi connectivity index (χ0n) is 18.7. The maximum atomic E-state index is 12.7. The van der Waals surface area contributed by atoms with Gasteiger partial charge >= 0.3 is 5.97 Å². The quantitative estimate of drug-likeness (QED) is 0.428. The minimum absolute atomic E-state index is 0.114. The molecule has 0 aromatic heterocycles. The fraction of sp³-hybridized carbons (Fsp3) is 0.500. The molecule has 0 N–H and O–H groups in total. The Bertz CT molecular complexity index is 721. The summed E-state index contributed by atoms with van der Waals surface area (Å²) < 4.78 is 5.67. The molecule has 2 aromatic carbocycles. The summed E-state index contributed by atoms with van der Waals surface area (Å²) >= 11 is 0. The minimum Gasteiger partial charge on any atom is -0.460 e. The van der Waals surface area contributed by atoms with Gasteiger partial charge in [-0.2, -0.15) is 0 Å². The van der Waals surface area contributed by atoms with E-state index in [4.69, 9.17) is 4.74 Å². The SMILES string of the molecule is CCCCC(CC(=O)OC(C)(C)C)N(Cc1ccccc1)[C@H](C)c1ccccc1. The molecule has 29 heavy (non-hydrogen) atoms. The van der Waals surface area contributed by atoms with E-state index in [-0.39, 0.29) is 18.1 Å². The smallest absolute Gasteiger partial charge is 0.307 e. The van der Waals surface area contributed by atoms with Crippen LogP contribution in [-0.4, -0.2) is 22.5 Å². The summed E-state index contributed by atoms with van der Waals surface area (Å²) in [4.78, 5) is 15.2. The van der Waals surface area contributed by atoms with Gasteiger partial charge in [-0.3, -0.25) is 9.69 Å². The molecule has 0 radical (unpaired) electrons. The van der Waals surface area contributed by atoms with Crippen LogP contribution in [0.5, 0.6) is 0 Å². The highest BCUT2D eigenvalue weighted by molar-refractivity contribution is 5.70. The third kappa shape index (κ3) is 8.02. The Morgan fingerprint density at radius 2 is 1.59 bits per heavy atom. The topological polar surface area (TPSA) is 29.5 Å². The zero-order chi connectivity index (χ0) is 21.3. The minimum atomic E-state index is -0.457. The number of esters is 1. The summed E-state index contributed by atoms with van der Waals surface area (Å²) in [5, 5.41) is 0. The summed E-state index contributed by atoms with van der Waals surface area (Å²) in [7, 11) is 0. The molecule has 0 fully saturated rings. The van der Waals surface area contributed by atoms with Crippen molar-refractivity contribution < 1.29 is 9.53 Å². The first-order valence-electron chi connectivity index (χ1n) is 10.9. The molecule has 0 aliphatic heterocycles. The summed E-state index contributed by atoms with van der Waals surface area (Å²) in [6.07, 6.45) is 3.62. The maximum Gasteiger partial charge on any atom is 0.307 e. The molecular weight excluding hydrogens is 358 g/mol. The first kappa shape index (κ1) is 23.2. The van der Waals surface area contributed by atoms with Crippen LogP contribution in [0, 0.1) is 0 Å². The molecule has 0 saturated heterocycles. The van der Waals surface area contributed by atoms with E-state index < -0.39 is 5.60 Å². The predicted octanol–water partition coefficient (Wildman–Crippen LogP) is 6.54. The van der Waals surface area contributed by atoms with Gasteiger partial charge in [0, 0.05) is 18.6 Å². The number of hydrogen-bond acceptors (Lipinski definition) is 3. The summed E-state index contributed by atoms with van der Waals surface area (Å²) in [5.41, 5.74) is 2.08. The Kier molecular flexibility index (Phi) is 8.91. The number of carbonyl (C=O) groups excluding carboxylic acids is 1. The van der Waals surface area contributed by atoms with Crippen molar-refractivity contribution in [3.63, 3.8) is 0 Å². The lowest BCUT2D eigenvalue weighted by Crippen LogP contribution is -2.39. The van der Waals surface area contributed by atoms with Crippen molar-refractivity contribution in [2.75, 3.05) is 0 Å². The highest BCUT2D eigenvalue weighted by Gasteiger charge is 2.28. The van der Waals surface area contributed by atoms with Gasteiger partial charge in [0.05, 0.1) is 6.42 Å². The molecule has 3 nitrogen and oxygen atoms in total. The molecule has 158 valence electrons. The van der Waals surface area contributed by atoms with Crippen LogP contribution in [0.3, 0.4) is 0 Å². The van der Waals surface area contributed by atoms with E-state index >= 15 is 0 Å².